The molecule has 0 saturated heterocycles. The molecule has 0 bridgehead atoms. The van der Waals surface area contributed by atoms with Crippen LogP contribution in [0.4, 0.5) is 0 Å². The molecule has 3 rings (SSSR count). The second-order valence-electron chi connectivity index (χ2n) is 3.28. The summed E-state index contributed by atoms with van der Waals surface area (Å²) in [6.45, 7) is 0. The summed E-state index contributed by atoms with van der Waals surface area (Å²) in [5, 5.41) is 0. The first-order chi connectivity index (χ1) is 6.88. The summed E-state index contributed by atoms with van der Waals surface area (Å²) in [6.07, 6.45) is 0. The van der Waals surface area contributed by atoms with Crippen LogP contribution in [0.2, 0.25) is 0 Å². The van der Waals surface area contributed by atoms with Crippen molar-refractivity contribution in [3.05, 3.63) is 48.5 Å². The van der Waals surface area contributed by atoms with Gasteiger partial charge in [-0.05, 0) is 0 Å². The molecule has 69 valence electrons. The van der Waals surface area contributed by atoms with Crippen LogP contribution in [0.25, 0.3) is 11.1 Å². The molecule has 2 aromatic carbocycles. The number of fused-ring (bicyclic) bond motifs is 3. The van der Waals surface area contributed by atoms with Gasteiger partial charge in [-0.3, -0.25) is 0 Å². The Kier molecular flexibility index (Phi) is 1.74. The number of rotatable bonds is 0. The minimum absolute atomic E-state index is 1.15. The van der Waals surface area contributed by atoms with Crippen LogP contribution < -0.4 is 8.92 Å². The van der Waals surface area contributed by atoms with E-state index in [1.807, 2.05) is 36.4 Å². The predicted molar refractivity (Wildman–Crippen MR) is 59.1 cm³/mol. The molecule has 0 amide bonds. The summed E-state index contributed by atoms with van der Waals surface area (Å²) in [7, 11) is 0. The van der Waals surface area contributed by atoms with Gasteiger partial charge in [0.15, 0.2) is 0 Å². The van der Waals surface area contributed by atoms with Crippen molar-refractivity contribution in [2.45, 2.75) is 0 Å². The average molecular weight is 248 g/mol. The molecule has 2 heteroatoms. The summed E-state index contributed by atoms with van der Waals surface area (Å²) < 4.78 is 12.5. The van der Waals surface area contributed by atoms with Crippen molar-refractivity contribution >= 4 is 23.2 Å². The summed E-state index contributed by atoms with van der Waals surface area (Å²) in [4.78, 5) is 0. The van der Waals surface area contributed by atoms with Gasteiger partial charge in [-0.15, -0.1) is 0 Å². The molecule has 0 aromatic heterocycles. The molecule has 1 aliphatic heterocycles. The van der Waals surface area contributed by atoms with Gasteiger partial charge >= 0.3 is 87.0 Å². The maximum atomic E-state index is 10.2. The number of benzene rings is 2. The van der Waals surface area contributed by atoms with Gasteiger partial charge in [-0.25, -0.2) is 0 Å². The van der Waals surface area contributed by atoms with Gasteiger partial charge in [-0.1, -0.05) is 0 Å². The maximum absolute atomic E-state index is 10.2. The topological polar surface area (TPSA) is 20.2 Å². The fourth-order valence-electron chi connectivity index (χ4n) is 1.83. The summed E-state index contributed by atoms with van der Waals surface area (Å²) in [5.74, 6) is 0. The van der Waals surface area contributed by atoms with Gasteiger partial charge < -0.3 is 0 Å². The molecule has 14 heavy (non-hydrogen) atoms. The van der Waals surface area contributed by atoms with E-state index in [9.17, 15) is 4.19 Å². The van der Waals surface area contributed by atoms with Gasteiger partial charge in [0.1, 0.15) is 0 Å². The van der Waals surface area contributed by atoms with Crippen molar-refractivity contribution < 1.29 is 4.19 Å². The van der Waals surface area contributed by atoms with Crippen LogP contribution in [0, 0.1) is 0 Å². The van der Waals surface area contributed by atoms with E-state index in [1.54, 1.807) is 0 Å². The van der Waals surface area contributed by atoms with E-state index >= 15 is 0 Å². The zero-order chi connectivity index (χ0) is 9.54. The van der Waals surface area contributed by atoms with E-state index in [2.05, 4.69) is 12.1 Å². The quantitative estimate of drug-likeness (QED) is 0.683. The van der Waals surface area contributed by atoms with Crippen LogP contribution in [0.15, 0.2) is 48.5 Å². The van der Waals surface area contributed by atoms with E-state index in [-0.39, 0.29) is 0 Å². The van der Waals surface area contributed by atoms with Gasteiger partial charge in [0.25, 0.3) is 0 Å². The standard InChI is InChI=1S/C12H9OSe/c13-14-11-7-3-1-5-9(11)10-6-2-4-8-12(10)14/h1-8,13H. The normalized spacial score (nSPS) is 13.8. The van der Waals surface area contributed by atoms with Gasteiger partial charge in [0.2, 0.25) is 0 Å². The van der Waals surface area contributed by atoms with Crippen LogP contribution in [0.5, 0.6) is 0 Å². The molecular weight excluding hydrogens is 239 g/mol. The van der Waals surface area contributed by atoms with Crippen LogP contribution in [0.1, 0.15) is 0 Å². The third-order valence-electron chi connectivity index (χ3n) is 2.48. The van der Waals surface area contributed by atoms with Crippen LogP contribution in [0.3, 0.4) is 0 Å². The molecule has 0 spiro atoms. The van der Waals surface area contributed by atoms with Crippen molar-refractivity contribution in [2.24, 2.45) is 0 Å². The van der Waals surface area contributed by atoms with Crippen molar-refractivity contribution in [1.82, 2.24) is 0 Å². The zero-order valence-electron chi connectivity index (χ0n) is 7.47. The summed E-state index contributed by atoms with van der Waals surface area (Å²) in [5.41, 5.74) is 2.44. The fourth-order valence-corrected chi connectivity index (χ4v) is 4.82. The Bertz CT molecular complexity index is 448. The molecule has 2 aromatic rings. The van der Waals surface area contributed by atoms with Crippen molar-refractivity contribution in [2.75, 3.05) is 0 Å². The second-order valence-corrected chi connectivity index (χ2v) is 6.32. The van der Waals surface area contributed by atoms with E-state index in [0.717, 1.165) is 8.92 Å². The summed E-state index contributed by atoms with van der Waals surface area (Å²) in [6, 6.07) is 16.3. The van der Waals surface area contributed by atoms with Crippen LogP contribution in [-0.2, 0) is 0 Å². The average Bonchev–Trinajstić information content (AvgIpc) is 2.55. The molecule has 1 aliphatic rings. The molecule has 1 heterocycles. The zero-order valence-corrected chi connectivity index (χ0v) is 9.19. The number of hydrogen-bond donors (Lipinski definition) is 1. The molecule has 0 fully saturated rings. The number of hydrogen-bond acceptors (Lipinski definition) is 1. The van der Waals surface area contributed by atoms with Crippen molar-refractivity contribution in [3.63, 3.8) is 0 Å². The molecule has 0 saturated carbocycles. The molecule has 0 atom stereocenters. The Morgan fingerprint density at radius 2 is 1.14 bits per heavy atom. The van der Waals surface area contributed by atoms with Gasteiger partial charge in [0.05, 0.1) is 0 Å². The van der Waals surface area contributed by atoms with E-state index in [1.165, 1.54) is 11.1 Å². The Morgan fingerprint density at radius 1 is 0.714 bits per heavy atom. The molecular formula is C12H9OSe. The molecule has 0 aliphatic carbocycles. The third kappa shape index (κ3) is 0.991. The van der Waals surface area contributed by atoms with Crippen LogP contribution in [-0.4, -0.2) is 18.4 Å². The van der Waals surface area contributed by atoms with E-state index in [0.29, 0.717) is 0 Å². The molecule has 0 unspecified atom stereocenters. The SMILES string of the molecule is O[Se]1c2ccccc2-c2ccccc21. The molecule has 1 N–H and O–H groups in total. The van der Waals surface area contributed by atoms with Crippen molar-refractivity contribution in [1.29, 1.82) is 0 Å². The summed E-state index contributed by atoms with van der Waals surface area (Å²) >= 11 is -1.70. The van der Waals surface area contributed by atoms with Gasteiger partial charge in [-0.2, -0.15) is 0 Å². The van der Waals surface area contributed by atoms with E-state index in [4.69, 9.17) is 0 Å². The third-order valence-corrected chi connectivity index (χ3v) is 5.72. The molecule has 1 radical (unpaired) electrons. The first kappa shape index (κ1) is 8.25. The fraction of sp³-hybridized carbons (Fsp3) is 0. The Labute approximate surface area is 87.2 Å². The second kappa shape index (κ2) is 2.96. The first-order valence-corrected chi connectivity index (χ1v) is 6.97. The Balaban J connectivity index is 2.36. The monoisotopic (exact) mass is 249 g/mol. The van der Waals surface area contributed by atoms with Crippen molar-refractivity contribution in [3.8, 4) is 11.1 Å². The Morgan fingerprint density at radius 3 is 1.64 bits per heavy atom. The van der Waals surface area contributed by atoms with Crippen LogP contribution >= 0.6 is 0 Å². The van der Waals surface area contributed by atoms with Gasteiger partial charge in [0, 0.05) is 0 Å². The predicted octanol–water partition coefficient (Wildman–Crippen LogP) is 0.765. The van der Waals surface area contributed by atoms with E-state index < -0.39 is 14.2 Å². The molecule has 1 nitrogen and oxygen atoms in total. The Hall–Kier alpha value is -1.08. The minimum atomic E-state index is -1.70. The first-order valence-electron chi connectivity index (χ1n) is 4.50.